The maximum absolute atomic E-state index is 6.30. The first-order valence-electron chi connectivity index (χ1n) is 9.56. The van der Waals surface area contributed by atoms with Gasteiger partial charge in [0.1, 0.15) is 0 Å². The molecule has 0 spiro atoms. The molecule has 0 amide bonds. The van der Waals surface area contributed by atoms with Gasteiger partial charge in [0.2, 0.25) is 0 Å². The van der Waals surface area contributed by atoms with Crippen molar-refractivity contribution in [3.05, 3.63) is 11.6 Å². The molecule has 2 fully saturated rings. The minimum absolute atomic E-state index is 0.535. The van der Waals surface area contributed by atoms with E-state index >= 15 is 0 Å². The van der Waals surface area contributed by atoms with Gasteiger partial charge in [-0.1, -0.05) is 39.2 Å². The lowest BCUT2D eigenvalue weighted by Crippen LogP contribution is -2.32. The van der Waals surface area contributed by atoms with E-state index in [4.69, 9.17) is 4.74 Å². The van der Waals surface area contributed by atoms with Crippen molar-refractivity contribution in [3.8, 4) is 0 Å². The lowest BCUT2D eigenvalue weighted by molar-refractivity contribution is -0.00235. The summed E-state index contributed by atoms with van der Waals surface area (Å²) in [6, 6.07) is 0. The standard InChI is InChI=1S/C20H34O/c1-3-16-6-10-17(11-7-16)19-12-13-20(21-14-19)18-8-4-15(2)5-9-18/h12,15-18,20H,3-11,13-14H2,1-2H3. The molecule has 0 saturated heterocycles. The largest absolute Gasteiger partial charge is 0.373 e. The number of ether oxygens (including phenoxy) is 1. The summed E-state index contributed by atoms with van der Waals surface area (Å²) in [4.78, 5) is 0. The summed E-state index contributed by atoms with van der Waals surface area (Å²) < 4.78 is 6.30. The zero-order chi connectivity index (χ0) is 14.7. The fourth-order valence-corrected chi connectivity index (χ4v) is 4.81. The van der Waals surface area contributed by atoms with E-state index in [9.17, 15) is 0 Å². The summed E-state index contributed by atoms with van der Waals surface area (Å²) in [6.07, 6.45) is 17.0. The van der Waals surface area contributed by atoms with Crippen LogP contribution in [0.1, 0.15) is 78.1 Å². The molecule has 21 heavy (non-hydrogen) atoms. The summed E-state index contributed by atoms with van der Waals surface area (Å²) >= 11 is 0. The summed E-state index contributed by atoms with van der Waals surface area (Å²) in [6.45, 7) is 5.70. The number of hydrogen-bond donors (Lipinski definition) is 0. The highest BCUT2D eigenvalue weighted by molar-refractivity contribution is 5.12. The van der Waals surface area contributed by atoms with Crippen molar-refractivity contribution in [2.24, 2.45) is 23.7 Å². The van der Waals surface area contributed by atoms with Crippen molar-refractivity contribution in [3.63, 3.8) is 0 Å². The Kier molecular flexibility index (Phi) is 5.43. The van der Waals surface area contributed by atoms with Gasteiger partial charge in [0.15, 0.2) is 0 Å². The van der Waals surface area contributed by atoms with Gasteiger partial charge in [-0.3, -0.25) is 0 Å². The molecule has 0 radical (unpaired) electrons. The zero-order valence-corrected chi connectivity index (χ0v) is 14.2. The lowest BCUT2D eigenvalue weighted by atomic mass is 9.75. The Labute approximate surface area is 131 Å². The second-order valence-corrected chi connectivity index (χ2v) is 8.01. The first-order chi connectivity index (χ1) is 10.3. The zero-order valence-electron chi connectivity index (χ0n) is 14.2. The molecule has 1 unspecified atom stereocenters. The molecule has 3 rings (SSSR count). The maximum atomic E-state index is 6.30. The van der Waals surface area contributed by atoms with Crippen LogP contribution in [0.25, 0.3) is 0 Å². The van der Waals surface area contributed by atoms with Crippen LogP contribution in [0.3, 0.4) is 0 Å². The molecule has 0 aromatic carbocycles. The molecule has 1 nitrogen and oxygen atoms in total. The number of hydrogen-bond acceptors (Lipinski definition) is 1. The molecular formula is C20H34O. The molecule has 2 aliphatic carbocycles. The predicted molar refractivity (Wildman–Crippen MR) is 89.3 cm³/mol. The summed E-state index contributed by atoms with van der Waals surface area (Å²) in [5.41, 5.74) is 1.64. The van der Waals surface area contributed by atoms with Gasteiger partial charge in [0.25, 0.3) is 0 Å². The summed E-state index contributed by atoms with van der Waals surface area (Å²) in [7, 11) is 0. The quantitative estimate of drug-likeness (QED) is 0.602. The molecule has 0 bridgehead atoms. The Morgan fingerprint density at radius 1 is 1.00 bits per heavy atom. The molecule has 0 aromatic rings. The molecule has 1 heteroatoms. The van der Waals surface area contributed by atoms with Crippen LogP contribution in [0, 0.1) is 23.7 Å². The second kappa shape index (κ2) is 7.31. The molecule has 1 atom stereocenters. The first kappa shape index (κ1) is 15.6. The fourth-order valence-electron chi connectivity index (χ4n) is 4.81. The third-order valence-electron chi connectivity index (χ3n) is 6.61. The maximum Gasteiger partial charge on any atom is 0.0683 e. The van der Waals surface area contributed by atoms with E-state index in [0.717, 1.165) is 30.3 Å². The van der Waals surface area contributed by atoms with Crippen LogP contribution < -0.4 is 0 Å². The Balaban J connectivity index is 1.48. The van der Waals surface area contributed by atoms with Gasteiger partial charge in [0, 0.05) is 0 Å². The third-order valence-corrected chi connectivity index (χ3v) is 6.61. The predicted octanol–water partition coefficient (Wildman–Crippen LogP) is 5.74. The summed E-state index contributed by atoms with van der Waals surface area (Å²) in [5.74, 6) is 3.64. The highest BCUT2D eigenvalue weighted by Gasteiger charge is 2.30. The smallest absolute Gasteiger partial charge is 0.0683 e. The van der Waals surface area contributed by atoms with Crippen molar-refractivity contribution in [2.45, 2.75) is 84.2 Å². The second-order valence-electron chi connectivity index (χ2n) is 8.01. The SMILES string of the molecule is CCC1CCC(C2=CCC(C3CCC(C)CC3)OC2)CC1. The molecule has 2 saturated carbocycles. The monoisotopic (exact) mass is 290 g/mol. The van der Waals surface area contributed by atoms with Gasteiger partial charge in [0.05, 0.1) is 12.7 Å². The molecule has 0 N–H and O–H groups in total. The van der Waals surface area contributed by atoms with Crippen LogP contribution in [-0.2, 0) is 4.74 Å². The van der Waals surface area contributed by atoms with Crippen molar-refractivity contribution in [1.29, 1.82) is 0 Å². The molecule has 1 heterocycles. The van der Waals surface area contributed by atoms with Crippen molar-refractivity contribution in [2.75, 3.05) is 6.61 Å². The average molecular weight is 290 g/mol. The average Bonchev–Trinajstić information content (AvgIpc) is 2.56. The highest BCUT2D eigenvalue weighted by Crippen LogP contribution is 2.39. The Morgan fingerprint density at radius 3 is 2.29 bits per heavy atom. The Morgan fingerprint density at radius 2 is 1.71 bits per heavy atom. The van der Waals surface area contributed by atoms with E-state index in [1.165, 1.54) is 64.2 Å². The van der Waals surface area contributed by atoms with Gasteiger partial charge < -0.3 is 4.74 Å². The molecule has 1 aliphatic heterocycles. The van der Waals surface area contributed by atoms with Gasteiger partial charge in [-0.15, -0.1) is 0 Å². The van der Waals surface area contributed by atoms with Gasteiger partial charge in [-0.05, 0) is 74.2 Å². The molecular weight excluding hydrogens is 256 g/mol. The first-order valence-corrected chi connectivity index (χ1v) is 9.56. The van der Waals surface area contributed by atoms with Crippen molar-refractivity contribution < 1.29 is 4.74 Å². The minimum Gasteiger partial charge on any atom is -0.373 e. The molecule has 3 aliphatic rings. The van der Waals surface area contributed by atoms with E-state index in [0.29, 0.717) is 6.10 Å². The van der Waals surface area contributed by atoms with Crippen LogP contribution in [0.5, 0.6) is 0 Å². The summed E-state index contributed by atoms with van der Waals surface area (Å²) in [5, 5.41) is 0. The van der Waals surface area contributed by atoms with Crippen LogP contribution in [0.4, 0.5) is 0 Å². The topological polar surface area (TPSA) is 9.23 Å². The minimum atomic E-state index is 0.535. The van der Waals surface area contributed by atoms with Crippen LogP contribution in [0.15, 0.2) is 11.6 Å². The number of rotatable bonds is 3. The van der Waals surface area contributed by atoms with Crippen LogP contribution in [-0.4, -0.2) is 12.7 Å². The van der Waals surface area contributed by atoms with E-state index in [1.807, 2.05) is 0 Å². The van der Waals surface area contributed by atoms with Crippen molar-refractivity contribution >= 4 is 0 Å². The van der Waals surface area contributed by atoms with E-state index in [-0.39, 0.29) is 0 Å². The lowest BCUT2D eigenvalue weighted by Gasteiger charge is -2.37. The van der Waals surface area contributed by atoms with Gasteiger partial charge in [-0.2, -0.15) is 0 Å². The van der Waals surface area contributed by atoms with Crippen LogP contribution in [0.2, 0.25) is 0 Å². The third kappa shape index (κ3) is 3.92. The van der Waals surface area contributed by atoms with Crippen LogP contribution >= 0.6 is 0 Å². The molecule has 0 aromatic heterocycles. The normalized spacial score (nSPS) is 41.6. The van der Waals surface area contributed by atoms with Gasteiger partial charge in [-0.25, -0.2) is 0 Å². The Bertz CT molecular complexity index is 343. The van der Waals surface area contributed by atoms with E-state index in [1.54, 1.807) is 5.57 Å². The van der Waals surface area contributed by atoms with E-state index in [2.05, 4.69) is 19.9 Å². The highest BCUT2D eigenvalue weighted by atomic mass is 16.5. The Hall–Kier alpha value is -0.300. The van der Waals surface area contributed by atoms with Crippen molar-refractivity contribution in [1.82, 2.24) is 0 Å². The van der Waals surface area contributed by atoms with E-state index < -0.39 is 0 Å². The fraction of sp³-hybridized carbons (Fsp3) is 0.900. The molecule has 120 valence electrons. The van der Waals surface area contributed by atoms with Gasteiger partial charge >= 0.3 is 0 Å².